The molecule has 0 heterocycles. The third kappa shape index (κ3) is 3.33. The van der Waals surface area contributed by atoms with Crippen LogP contribution in [0.2, 0.25) is 0 Å². The van der Waals surface area contributed by atoms with Crippen LogP contribution < -0.4 is 15.4 Å². The number of rotatable bonds is 6. The average molecular weight is 345 g/mol. The Balaban J connectivity index is 1.77. The summed E-state index contributed by atoms with van der Waals surface area (Å²) in [4.78, 5) is 0.262. The van der Waals surface area contributed by atoms with Gasteiger partial charge in [-0.15, -0.1) is 0 Å². The standard InChI is InChI=1S/C18H23N3O2S/c1-21(24(22,23)16-8-3-2-4-9-16)15-10-11-18(17(19)12-15)20-13-14-6-5-7-14/h2-4,8-12,14,20H,5-7,13,19H2,1H3. The van der Waals surface area contributed by atoms with E-state index in [9.17, 15) is 8.42 Å². The molecule has 0 saturated heterocycles. The fourth-order valence-corrected chi connectivity index (χ4v) is 3.96. The maximum Gasteiger partial charge on any atom is 0.264 e. The monoisotopic (exact) mass is 345 g/mol. The van der Waals surface area contributed by atoms with Gasteiger partial charge in [0.2, 0.25) is 0 Å². The second-order valence-corrected chi connectivity index (χ2v) is 8.20. The predicted octanol–water partition coefficient (Wildman–Crippen LogP) is 3.31. The molecule has 6 heteroatoms. The first kappa shape index (κ1) is 16.6. The molecule has 3 N–H and O–H groups in total. The lowest BCUT2D eigenvalue weighted by molar-refractivity contribution is 0.333. The predicted molar refractivity (Wildman–Crippen MR) is 98.7 cm³/mol. The Kier molecular flexibility index (Phi) is 4.66. The average Bonchev–Trinajstić information content (AvgIpc) is 2.55. The van der Waals surface area contributed by atoms with Crippen molar-refractivity contribution in [1.29, 1.82) is 0 Å². The Morgan fingerprint density at radius 2 is 1.88 bits per heavy atom. The van der Waals surface area contributed by atoms with Crippen molar-refractivity contribution < 1.29 is 8.42 Å². The summed E-state index contributed by atoms with van der Waals surface area (Å²) < 4.78 is 26.6. The molecule has 0 radical (unpaired) electrons. The Labute approximate surface area is 143 Å². The highest BCUT2D eigenvalue weighted by Gasteiger charge is 2.22. The number of nitrogens with one attached hydrogen (secondary N) is 1. The van der Waals surface area contributed by atoms with E-state index in [4.69, 9.17) is 5.73 Å². The molecule has 1 aliphatic carbocycles. The highest BCUT2D eigenvalue weighted by Crippen LogP contribution is 2.30. The SMILES string of the molecule is CN(c1ccc(NCC2CCC2)c(N)c1)S(=O)(=O)c1ccccc1. The van der Waals surface area contributed by atoms with Gasteiger partial charge >= 0.3 is 0 Å². The van der Waals surface area contributed by atoms with E-state index in [0.717, 1.165) is 18.2 Å². The van der Waals surface area contributed by atoms with Gasteiger partial charge in [0.15, 0.2) is 0 Å². The number of nitrogens with two attached hydrogens (primary N) is 1. The van der Waals surface area contributed by atoms with Gasteiger partial charge in [0, 0.05) is 13.6 Å². The van der Waals surface area contributed by atoms with Crippen molar-refractivity contribution in [2.75, 3.05) is 28.9 Å². The van der Waals surface area contributed by atoms with Crippen LogP contribution in [0.4, 0.5) is 17.1 Å². The summed E-state index contributed by atoms with van der Waals surface area (Å²) in [5, 5.41) is 3.36. The van der Waals surface area contributed by atoms with Gasteiger partial charge in [0.25, 0.3) is 10.0 Å². The zero-order valence-corrected chi connectivity index (χ0v) is 14.6. The van der Waals surface area contributed by atoms with Crippen LogP contribution in [0.15, 0.2) is 53.4 Å². The quantitative estimate of drug-likeness (QED) is 0.788. The van der Waals surface area contributed by atoms with Crippen molar-refractivity contribution in [3.8, 4) is 0 Å². The number of nitrogens with zero attached hydrogens (tertiary/aromatic N) is 1. The summed E-state index contributed by atoms with van der Waals surface area (Å²) in [6.45, 7) is 0.918. The van der Waals surface area contributed by atoms with Gasteiger partial charge in [-0.25, -0.2) is 8.42 Å². The maximum atomic E-state index is 12.7. The molecular weight excluding hydrogens is 322 g/mol. The van der Waals surface area contributed by atoms with Crippen molar-refractivity contribution >= 4 is 27.1 Å². The van der Waals surface area contributed by atoms with Crippen LogP contribution in [0.1, 0.15) is 19.3 Å². The van der Waals surface area contributed by atoms with Crippen molar-refractivity contribution in [1.82, 2.24) is 0 Å². The summed E-state index contributed by atoms with van der Waals surface area (Å²) in [6.07, 6.45) is 3.84. The molecule has 0 aliphatic heterocycles. The molecular formula is C18H23N3O2S. The number of benzene rings is 2. The minimum absolute atomic E-state index is 0.262. The van der Waals surface area contributed by atoms with E-state index in [-0.39, 0.29) is 4.90 Å². The van der Waals surface area contributed by atoms with Crippen LogP contribution in [-0.4, -0.2) is 22.0 Å². The topological polar surface area (TPSA) is 75.4 Å². The molecule has 24 heavy (non-hydrogen) atoms. The smallest absolute Gasteiger partial charge is 0.264 e. The first-order valence-corrected chi connectivity index (χ1v) is 9.60. The van der Waals surface area contributed by atoms with Gasteiger partial charge in [-0.1, -0.05) is 24.6 Å². The molecule has 3 rings (SSSR count). The Morgan fingerprint density at radius 1 is 1.17 bits per heavy atom. The molecule has 5 nitrogen and oxygen atoms in total. The Bertz CT molecular complexity index is 802. The zero-order valence-electron chi connectivity index (χ0n) is 13.8. The Hall–Kier alpha value is -2.21. The molecule has 0 unspecified atom stereocenters. The minimum Gasteiger partial charge on any atom is -0.397 e. The van der Waals surface area contributed by atoms with Crippen LogP contribution in [0.3, 0.4) is 0 Å². The van der Waals surface area contributed by atoms with E-state index in [2.05, 4.69) is 5.32 Å². The first-order chi connectivity index (χ1) is 11.5. The lowest BCUT2D eigenvalue weighted by atomic mass is 9.85. The number of anilines is 3. The van der Waals surface area contributed by atoms with Gasteiger partial charge in [0.1, 0.15) is 0 Å². The highest BCUT2D eigenvalue weighted by molar-refractivity contribution is 7.92. The summed E-state index contributed by atoms with van der Waals surface area (Å²) in [5.41, 5.74) is 8.06. The van der Waals surface area contributed by atoms with Crippen LogP contribution in [0, 0.1) is 5.92 Å². The van der Waals surface area contributed by atoms with Gasteiger partial charge in [-0.2, -0.15) is 0 Å². The molecule has 1 aliphatic rings. The molecule has 1 saturated carbocycles. The lowest BCUT2D eigenvalue weighted by Crippen LogP contribution is -2.26. The number of hydrogen-bond acceptors (Lipinski definition) is 4. The summed E-state index contributed by atoms with van der Waals surface area (Å²) >= 11 is 0. The van der Waals surface area contributed by atoms with Gasteiger partial charge in [-0.05, 0) is 49.1 Å². The largest absolute Gasteiger partial charge is 0.397 e. The molecule has 2 aromatic carbocycles. The van der Waals surface area contributed by atoms with E-state index in [1.807, 2.05) is 6.07 Å². The van der Waals surface area contributed by atoms with Crippen molar-refractivity contribution in [2.24, 2.45) is 5.92 Å². The van der Waals surface area contributed by atoms with E-state index in [1.54, 1.807) is 49.5 Å². The summed E-state index contributed by atoms with van der Waals surface area (Å²) in [5.74, 6) is 0.727. The third-order valence-corrected chi connectivity index (χ3v) is 6.41. The lowest BCUT2D eigenvalue weighted by Gasteiger charge is -2.26. The highest BCUT2D eigenvalue weighted by atomic mass is 32.2. The van der Waals surface area contributed by atoms with Crippen molar-refractivity contribution in [3.63, 3.8) is 0 Å². The van der Waals surface area contributed by atoms with Crippen LogP contribution in [0.5, 0.6) is 0 Å². The molecule has 0 aromatic heterocycles. The molecule has 2 aromatic rings. The van der Waals surface area contributed by atoms with Gasteiger partial charge in [-0.3, -0.25) is 4.31 Å². The normalized spacial score (nSPS) is 14.9. The van der Waals surface area contributed by atoms with E-state index >= 15 is 0 Å². The first-order valence-electron chi connectivity index (χ1n) is 8.16. The molecule has 0 spiro atoms. The second kappa shape index (κ2) is 6.73. The fourth-order valence-electron chi connectivity index (χ4n) is 2.75. The van der Waals surface area contributed by atoms with E-state index in [0.29, 0.717) is 11.4 Å². The number of sulfonamides is 1. The Morgan fingerprint density at radius 3 is 2.46 bits per heavy atom. The molecule has 0 atom stereocenters. The van der Waals surface area contributed by atoms with Crippen molar-refractivity contribution in [2.45, 2.75) is 24.2 Å². The minimum atomic E-state index is -3.58. The second-order valence-electron chi connectivity index (χ2n) is 6.23. The van der Waals surface area contributed by atoms with Crippen LogP contribution >= 0.6 is 0 Å². The van der Waals surface area contributed by atoms with Crippen molar-refractivity contribution in [3.05, 3.63) is 48.5 Å². The number of hydrogen-bond donors (Lipinski definition) is 2. The zero-order chi connectivity index (χ0) is 17.2. The van der Waals surface area contributed by atoms with Crippen LogP contribution in [-0.2, 0) is 10.0 Å². The van der Waals surface area contributed by atoms with E-state index in [1.165, 1.54) is 23.6 Å². The van der Waals surface area contributed by atoms with Gasteiger partial charge < -0.3 is 11.1 Å². The summed E-state index contributed by atoms with van der Waals surface area (Å²) in [6, 6.07) is 13.7. The molecule has 0 bridgehead atoms. The van der Waals surface area contributed by atoms with Crippen LogP contribution in [0.25, 0.3) is 0 Å². The third-order valence-electron chi connectivity index (χ3n) is 4.61. The summed E-state index contributed by atoms with van der Waals surface area (Å²) in [7, 11) is -2.04. The molecule has 0 amide bonds. The van der Waals surface area contributed by atoms with Gasteiger partial charge in [0.05, 0.1) is 22.0 Å². The molecule has 128 valence electrons. The maximum absolute atomic E-state index is 12.7. The fraction of sp³-hybridized carbons (Fsp3) is 0.333. The molecule has 1 fully saturated rings. The van der Waals surface area contributed by atoms with E-state index < -0.39 is 10.0 Å². The number of nitrogen functional groups attached to an aromatic ring is 1.